The lowest BCUT2D eigenvalue weighted by Gasteiger charge is -2.40. The summed E-state index contributed by atoms with van der Waals surface area (Å²) in [7, 11) is -3.77. The van der Waals surface area contributed by atoms with Crippen LogP contribution in [0.25, 0.3) is 5.69 Å². The number of halogens is 2. The summed E-state index contributed by atoms with van der Waals surface area (Å²) in [6, 6.07) is 24.0. The second-order valence-electron chi connectivity index (χ2n) is 11.3. The molecule has 1 N–H and O–H groups in total. The number of amidine groups is 1. The van der Waals surface area contributed by atoms with Crippen molar-refractivity contribution in [3.05, 3.63) is 124 Å². The first kappa shape index (κ1) is 28.9. The Morgan fingerprint density at radius 1 is 0.889 bits per heavy atom. The van der Waals surface area contributed by atoms with Crippen LogP contribution >= 0.6 is 11.6 Å². The molecule has 5 aromatic rings. The van der Waals surface area contributed by atoms with Crippen LogP contribution in [0.5, 0.6) is 0 Å². The van der Waals surface area contributed by atoms with Crippen molar-refractivity contribution < 1.29 is 17.6 Å². The summed E-state index contributed by atoms with van der Waals surface area (Å²) in [4.78, 5) is 20.2. The molecule has 2 aliphatic rings. The third kappa shape index (κ3) is 4.63. The highest BCUT2D eigenvalue weighted by atomic mass is 35.5. The lowest BCUT2D eigenvalue weighted by molar-refractivity contribution is -0.110. The fourth-order valence-corrected chi connectivity index (χ4v) is 7.43. The van der Waals surface area contributed by atoms with Crippen LogP contribution in [0.15, 0.2) is 106 Å². The molecule has 45 heavy (non-hydrogen) atoms. The van der Waals surface area contributed by atoms with E-state index in [0.717, 1.165) is 5.56 Å². The number of fused-ring (bicyclic) bond motifs is 4. The Balaban J connectivity index is 1.37. The lowest BCUT2D eigenvalue weighted by atomic mass is 9.92. The maximum Gasteiger partial charge on any atom is 0.291 e. The second kappa shape index (κ2) is 10.7. The van der Waals surface area contributed by atoms with Crippen LogP contribution in [0, 0.1) is 12.7 Å². The molecule has 226 valence electrons. The van der Waals surface area contributed by atoms with Crippen LogP contribution in [-0.4, -0.2) is 29.9 Å². The maximum absolute atomic E-state index is 15.6. The van der Waals surface area contributed by atoms with Crippen molar-refractivity contribution in [3.8, 4) is 5.69 Å². The monoisotopic (exact) mass is 639 g/mol. The lowest BCUT2D eigenvalue weighted by Crippen LogP contribution is -2.48. The third-order valence-electron chi connectivity index (χ3n) is 8.19. The van der Waals surface area contributed by atoms with E-state index in [9.17, 15) is 13.2 Å². The number of aryl methyl sites for hydroxylation is 1. The molecule has 2 aliphatic heterocycles. The maximum atomic E-state index is 15.6. The number of benzene rings is 4. The fourth-order valence-electron chi connectivity index (χ4n) is 5.90. The molecule has 8 nitrogen and oxygen atoms in total. The van der Waals surface area contributed by atoms with Crippen molar-refractivity contribution in [2.45, 2.75) is 42.5 Å². The summed E-state index contributed by atoms with van der Waals surface area (Å²) in [5.41, 5.74) is 4.05. The molecule has 1 atom stereocenters. The van der Waals surface area contributed by atoms with Crippen LogP contribution < -0.4 is 10.2 Å². The van der Waals surface area contributed by atoms with Gasteiger partial charge in [-0.1, -0.05) is 55.8 Å². The van der Waals surface area contributed by atoms with Gasteiger partial charge in [0.05, 0.1) is 38.6 Å². The number of carbonyl (C=O) groups is 1. The Labute approximate surface area is 264 Å². The Morgan fingerprint density at radius 3 is 2.22 bits per heavy atom. The predicted molar refractivity (Wildman–Crippen MR) is 172 cm³/mol. The normalized spacial score (nSPS) is 15.7. The number of hydrogen-bond donors (Lipinski definition) is 1. The highest BCUT2D eigenvalue weighted by molar-refractivity contribution is 7.91. The summed E-state index contributed by atoms with van der Waals surface area (Å²) in [6.07, 6.45) is 0. The van der Waals surface area contributed by atoms with Crippen LogP contribution in [0.4, 0.5) is 21.6 Å². The number of nitrogens with zero attached hydrogens (tertiary/aromatic N) is 4. The van der Waals surface area contributed by atoms with Crippen molar-refractivity contribution in [2.75, 3.05) is 10.2 Å². The van der Waals surface area contributed by atoms with Gasteiger partial charge in [-0.15, -0.1) is 0 Å². The molecule has 1 unspecified atom stereocenters. The van der Waals surface area contributed by atoms with E-state index in [1.54, 1.807) is 59.0 Å². The zero-order valence-electron chi connectivity index (χ0n) is 24.5. The van der Waals surface area contributed by atoms with Gasteiger partial charge in [0.15, 0.2) is 5.82 Å². The highest BCUT2D eigenvalue weighted by Crippen LogP contribution is 2.49. The average Bonchev–Trinajstić information content (AvgIpc) is 3.36. The number of carbonyl (C=O) groups excluding carboxylic acids is 1. The molecule has 7 rings (SSSR count). The molecule has 0 saturated heterocycles. The van der Waals surface area contributed by atoms with E-state index in [2.05, 4.69) is 5.32 Å². The summed E-state index contributed by atoms with van der Waals surface area (Å²) in [5.74, 6) is -0.352. The minimum Gasteiger partial charge on any atom is -0.317 e. The van der Waals surface area contributed by atoms with E-state index in [4.69, 9.17) is 21.7 Å². The summed E-state index contributed by atoms with van der Waals surface area (Å²) in [5, 5.41) is 7.81. The van der Waals surface area contributed by atoms with E-state index < -0.39 is 27.6 Å². The molecule has 0 spiro atoms. The number of anilines is 2. The van der Waals surface area contributed by atoms with Crippen LogP contribution in [0.3, 0.4) is 0 Å². The van der Waals surface area contributed by atoms with Gasteiger partial charge in [-0.05, 0) is 79.1 Å². The number of aromatic nitrogens is 2. The molecule has 0 saturated carbocycles. The van der Waals surface area contributed by atoms with Crippen molar-refractivity contribution in [2.24, 2.45) is 4.99 Å². The topological polar surface area (TPSA) is 96.7 Å². The van der Waals surface area contributed by atoms with Crippen molar-refractivity contribution >= 4 is 50.4 Å². The molecule has 1 amide bonds. The summed E-state index contributed by atoms with van der Waals surface area (Å²) in [6.45, 7) is 5.88. The van der Waals surface area contributed by atoms with Gasteiger partial charge in [0.25, 0.3) is 5.91 Å². The van der Waals surface area contributed by atoms with Gasteiger partial charge in [0.2, 0.25) is 15.7 Å². The molecule has 0 radical (unpaired) electrons. The highest BCUT2D eigenvalue weighted by Gasteiger charge is 2.44. The molecule has 4 aromatic carbocycles. The molecule has 1 aromatic heterocycles. The number of aliphatic imine (C=N–C) groups is 1. The molecular weight excluding hydrogens is 613 g/mol. The van der Waals surface area contributed by atoms with Crippen molar-refractivity contribution in [1.29, 1.82) is 0 Å². The number of nitrogens with one attached hydrogen (secondary N) is 1. The zero-order valence-corrected chi connectivity index (χ0v) is 26.1. The van der Waals surface area contributed by atoms with E-state index in [1.165, 1.54) is 24.3 Å². The van der Waals surface area contributed by atoms with E-state index in [1.807, 2.05) is 38.1 Å². The minimum atomic E-state index is -3.77. The van der Waals surface area contributed by atoms with Gasteiger partial charge in [-0.25, -0.2) is 22.5 Å². The van der Waals surface area contributed by atoms with E-state index in [0.29, 0.717) is 34.1 Å². The number of hydrogen-bond acceptors (Lipinski definition) is 6. The summed E-state index contributed by atoms with van der Waals surface area (Å²) >= 11 is 6.64. The Morgan fingerprint density at radius 2 is 1.56 bits per heavy atom. The van der Waals surface area contributed by atoms with Gasteiger partial charge in [-0.2, -0.15) is 5.10 Å². The van der Waals surface area contributed by atoms with Crippen LogP contribution in [-0.2, 0) is 14.6 Å². The van der Waals surface area contributed by atoms with Crippen molar-refractivity contribution in [3.63, 3.8) is 0 Å². The van der Waals surface area contributed by atoms with Crippen LogP contribution in [0.2, 0.25) is 5.02 Å². The first-order valence-corrected chi connectivity index (χ1v) is 16.2. The minimum absolute atomic E-state index is 0.0516. The van der Waals surface area contributed by atoms with Crippen molar-refractivity contribution in [1.82, 2.24) is 9.78 Å². The molecule has 11 heteroatoms. The predicted octanol–water partition coefficient (Wildman–Crippen LogP) is 7.52. The largest absolute Gasteiger partial charge is 0.317 e. The van der Waals surface area contributed by atoms with Gasteiger partial charge in [0, 0.05) is 16.1 Å². The first-order valence-electron chi connectivity index (χ1n) is 14.3. The second-order valence-corrected chi connectivity index (χ2v) is 13.6. The van der Waals surface area contributed by atoms with E-state index >= 15 is 4.39 Å². The average molecular weight is 640 g/mol. The van der Waals surface area contributed by atoms with Gasteiger partial charge < -0.3 is 10.2 Å². The van der Waals surface area contributed by atoms with Crippen LogP contribution in [0.1, 0.15) is 48.2 Å². The molecule has 0 aliphatic carbocycles. The fraction of sp³-hybridized carbons (Fsp3) is 0.147. The molecule has 0 bridgehead atoms. The SMILES string of the molecule is Cc1nn(-c2ccc(S(=O)(=O)c3ccc(C(C)C)cc3)cc2)c2c1C(c1c(F)cccc1Cl)N1C(=N2)C(=O)Nc2ccccc21. The molecular formula is C34H27ClFN5O3S. The summed E-state index contributed by atoms with van der Waals surface area (Å²) < 4.78 is 44.0. The standard InChI is InChI=1S/C34H27ClFN5O3S/c1-19(2)21-11-15-23(16-12-21)45(43,44)24-17-13-22(14-18-24)41-32-29(20(3)39-41)31(30-25(35)7-6-8-26(30)36)40-28-10-5-4-9-27(28)37-34(42)33(40)38-32/h4-19,31H,1-3H3,(H,37,42). The van der Waals surface area contributed by atoms with Gasteiger partial charge >= 0.3 is 0 Å². The number of sulfone groups is 1. The zero-order chi connectivity index (χ0) is 31.6. The Hall–Kier alpha value is -4.80. The van der Waals surface area contributed by atoms with E-state index in [-0.39, 0.29) is 32.1 Å². The molecule has 3 heterocycles. The Kier molecular flexibility index (Phi) is 6.87. The number of rotatable bonds is 5. The third-order valence-corrected chi connectivity index (χ3v) is 10.3. The van der Waals surface area contributed by atoms with Gasteiger partial charge in [0.1, 0.15) is 5.82 Å². The number of para-hydroxylation sites is 2. The quantitative estimate of drug-likeness (QED) is 0.215. The Bertz CT molecular complexity index is 2120. The first-order chi connectivity index (χ1) is 21.6. The van der Waals surface area contributed by atoms with Gasteiger partial charge in [-0.3, -0.25) is 4.79 Å². The smallest absolute Gasteiger partial charge is 0.291 e. The number of amides is 1. The molecule has 0 fully saturated rings.